The summed E-state index contributed by atoms with van der Waals surface area (Å²) in [7, 11) is 1.97. The first-order chi connectivity index (χ1) is 12.0. The SMILES string of the molecule is CC(C)C1CCC(C(=O)N(C)C2CCN(CC(=O)N3CCC3)C2)CC1. The molecule has 2 amide bonds. The minimum absolute atomic E-state index is 0.219. The van der Waals surface area contributed by atoms with E-state index in [0.717, 1.165) is 63.7 Å². The van der Waals surface area contributed by atoms with Gasteiger partial charge < -0.3 is 9.80 Å². The van der Waals surface area contributed by atoms with Crippen molar-refractivity contribution in [1.29, 1.82) is 0 Å². The van der Waals surface area contributed by atoms with Crippen LogP contribution in [0.25, 0.3) is 0 Å². The van der Waals surface area contributed by atoms with Gasteiger partial charge in [0.1, 0.15) is 0 Å². The average molecular weight is 350 g/mol. The molecule has 0 aromatic heterocycles. The Hall–Kier alpha value is -1.10. The minimum atomic E-state index is 0.219. The van der Waals surface area contributed by atoms with Crippen molar-refractivity contribution in [3.8, 4) is 0 Å². The lowest BCUT2D eigenvalue weighted by Gasteiger charge is -2.34. The molecule has 0 bridgehead atoms. The van der Waals surface area contributed by atoms with Gasteiger partial charge in [0.15, 0.2) is 0 Å². The molecule has 1 unspecified atom stereocenters. The van der Waals surface area contributed by atoms with E-state index in [1.54, 1.807) is 0 Å². The fraction of sp³-hybridized carbons (Fsp3) is 0.900. The molecule has 2 aliphatic heterocycles. The Morgan fingerprint density at radius 1 is 1.04 bits per heavy atom. The summed E-state index contributed by atoms with van der Waals surface area (Å²) in [4.78, 5) is 31.2. The van der Waals surface area contributed by atoms with Crippen LogP contribution in [0.1, 0.15) is 52.4 Å². The highest BCUT2D eigenvalue weighted by Gasteiger charge is 2.35. The summed E-state index contributed by atoms with van der Waals surface area (Å²) in [5, 5.41) is 0. The first-order valence-electron chi connectivity index (χ1n) is 10.2. The van der Waals surface area contributed by atoms with Gasteiger partial charge >= 0.3 is 0 Å². The summed E-state index contributed by atoms with van der Waals surface area (Å²) in [6, 6.07) is 0.277. The number of rotatable bonds is 5. The van der Waals surface area contributed by atoms with Crippen molar-refractivity contribution in [2.24, 2.45) is 17.8 Å². The zero-order valence-electron chi connectivity index (χ0n) is 16.2. The van der Waals surface area contributed by atoms with Crippen molar-refractivity contribution < 1.29 is 9.59 Å². The summed E-state index contributed by atoms with van der Waals surface area (Å²) >= 11 is 0. The molecule has 1 atom stereocenters. The number of nitrogens with zero attached hydrogens (tertiary/aromatic N) is 3. The third-order valence-electron chi connectivity index (χ3n) is 6.77. The molecule has 0 spiro atoms. The number of amides is 2. The van der Waals surface area contributed by atoms with E-state index in [-0.39, 0.29) is 17.9 Å². The molecular formula is C20H35N3O2. The lowest BCUT2D eigenvalue weighted by Crippen LogP contribution is -2.47. The molecule has 142 valence electrons. The van der Waals surface area contributed by atoms with Crippen LogP contribution >= 0.6 is 0 Å². The molecule has 0 N–H and O–H groups in total. The lowest BCUT2D eigenvalue weighted by atomic mass is 9.76. The number of carbonyl (C=O) groups is 2. The molecule has 3 aliphatic rings. The maximum absolute atomic E-state index is 12.9. The Bertz CT molecular complexity index is 481. The number of hydrogen-bond donors (Lipinski definition) is 0. The van der Waals surface area contributed by atoms with Gasteiger partial charge in [-0.3, -0.25) is 14.5 Å². The zero-order valence-corrected chi connectivity index (χ0v) is 16.2. The molecule has 3 fully saturated rings. The van der Waals surface area contributed by atoms with Crippen molar-refractivity contribution >= 4 is 11.8 Å². The van der Waals surface area contributed by atoms with Gasteiger partial charge in [0, 0.05) is 45.2 Å². The number of carbonyl (C=O) groups excluding carboxylic acids is 2. The monoisotopic (exact) mass is 349 g/mol. The normalized spacial score (nSPS) is 30.4. The second kappa shape index (κ2) is 8.07. The van der Waals surface area contributed by atoms with Crippen LogP contribution in [-0.4, -0.2) is 72.3 Å². The summed E-state index contributed by atoms with van der Waals surface area (Å²) in [5.41, 5.74) is 0. The van der Waals surface area contributed by atoms with E-state index in [0.29, 0.717) is 12.5 Å². The van der Waals surface area contributed by atoms with Gasteiger partial charge in [0.2, 0.25) is 11.8 Å². The Labute approximate surface area is 152 Å². The van der Waals surface area contributed by atoms with Gasteiger partial charge in [-0.05, 0) is 50.4 Å². The van der Waals surface area contributed by atoms with Gasteiger partial charge in [-0.15, -0.1) is 0 Å². The molecule has 5 heteroatoms. The Kier molecular flexibility index (Phi) is 6.03. The average Bonchev–Trinajstić information content (AvgIpc) is 3.00. The van der Waals surface area contributed by atoms with E-state index in [9.17, 15) is 9.59 Å². The first-order valence-corrected chi connectivity index (χ1v) is 10.2. The highest BCUT2D eigenvalue weighted by Crippen LogP contribution is 2.34. The van der Waals surface area contributed by atoms with Gasteiger partial charge in [-0.25, -0.2) is 0 Å². The Balaban J connectivity index is 1.44. The van der Waals surface area contributed by atoms with Crippen LogP contribution in [0.3, 0.4) is 0 Å². The first kappa shape index (κ1) is 18.7. The fourth-order valence-corrected chi connectivity index (χ4v) is 4.63. The van der Waals surface area contributed by atoms with Gasteiger partial charge in [0.05, 0.1) is 6.54 Å². The quantitative estimate of drug-likeness (QED) is 0.764. The van der Waals surface area contributed by atoms with E-state index in [1.165, 1.54) is 12.8 Å². The smallest absolute Gasteiger partial charge is 0.236 e. The standard InChI is InChI=1S/C20H35N3O2/c1-15(2)16-5-7-17(8-6-16)20(25)21(3)18-9-12-22(13-18)14-19(24)23-10-4-11-23/h15-18H,4-14H2,1-3H3. The van der Waals surface area contributed by atoms with Crippen molar-refractivity contribution in [1.82, 2.24) is 14.7 Å². The van der Waals surface area contributed by atoms with Crippen molar-refractivity contribution in [2.45, 2.75) is 58.4 Å². The third kappa shape index (κ3) is 4.36. The van der Waals surface area contributed by atoms with Crippen LogP contribution in [0.2, 0.25) is 0 Å². The van der Waals surface area contributed by atoms with Gasteiger partial charge in [-0.1, -0.05) is 13.8 Å². The summed E-state index contributed by atoms with van der Waals surface area (Å²) in [5.74, 6) is 2.35. The predicted molar refractivity (Wildman–Crippen MR) is 99.1 cm³/mol. The summed E-state index contributed by atoms with van der Waals surface area (Å²) < 4.78 is 0. The minimum Gasteiger partial charge on any atom is -0.341 e. The second-order valence-electron chi connectivity index (χ2n) is 8.72. The molecule has 2 saturated heterocycles. The van der Waals surface area contributed by atoms with Crippen LogP contribution in [0, 0.1) is 17.8 Å². The molecule has 1 aliphatic carbocycles. The summed E-state index contributed by atoms with van der Waals surface area (Å²) in [6.07, 6.45) is 6.64. The zero-order chi connectivity index (χ0) is 18.0. The summed E-state index contributed by atoms with van der Waals surface area (Å²) in [6.45, 7) is 8.76. The molecule has 1 saturated carbocycles. The van der Waals surface area contributed by atoms with Crippen LogP contribution in [0.5, 0.6) is 0 Å². The Morgan fingerprint density at radius 3 is 2.28 bits per heavy atom. The molecule has 5 nitrogen and oxygen atoms in total. The third-order valence-corrected chi connectivity index (χ3v) is 6.77. The maximum atomic E-state index is 12.9. The van der Waals surface area contributed by atoms with Crippen molar-refractivity contribution in [3.63, 3.8) is 0 Å². The molecule has 2 heterocycles. The molecule has 25 heavy (non-hydrogen) atoms. The molecule has 3 rings (SSSR count). The topological polar surface area (TPSA) is 43.9 Å². The second-order valence-corrected chi connectivity index (χ2v) is 8.72. The lowest BCUT2D eigenvalue weighted by molar-refractivity contribution is -0.137. The van der Waals surface area contributed by atoms with E-state index < -0.39 is 0 Å². The van der Waals surface area contributed by atoms with Crippen molar-refractivity contribution in [3.05, 3.63) is 0 Å². The van der Waals surface area contributed by atoms with E-state index >= 15 is 0 Å². The molecule has 0 aromatic rings. The van der Waals surface area contributed by atoms with Crippen LogP contribution < -0.4 is 0 Å². The van der Waals surface area contributed by atoms with E-state index in [1.807, 2.05) is 16.8 Å². The molecule has 0 aromatic carbocycles. The fourth-order valence-electron chi connectivity index (χ4n) is 4.63. The van der Waals surface area contributed by atoms with Crippen LogP contribution in [0.15, 0.2) is 0 Å². The number of hydrogen-bond acceptors (Lipinski definition) is 3. The van der Waals surface area contributed by atoms with E-state index in [4.69, 9.17) is 0 Å². The van der Waals surface area contributed by atoms with Gasteiger partial charge in [-0.2, -0.15) is 0 Å². The van der Waals surface area contributed by atoms with E-state index in [2.05, 4.69) is 18.7 Å². The van der Waals surface area contributed by atoms with Crippen molar-refractivity contribution in [2.75, 3.05) is 39.8 Å². The molecule has 0 radical (unpaired) electrons. The van der Waals surface area contributed by atoms with Crippen LogP contribution in [0.4, 0.5) is 0 Å². The largest absolute Gasteiger partial charge is 0.341 e. The highest BCUT2D eigenvalue weighted by atomic mass is 16.2. The predicted octanol–water partition coefficient (Wildman–Crippen LogP) is 2.21. The van der Waals surface area contributed by atoms with Gasteiger partial charge in [0.25, 0.3) is 0 Å². The molecular weight excluding hydrogens is 314 g/mol. The number of likely N-dealkylation sites (tertiary alicyclic amines) is 2. The Morgan fingerprint density at radius 2 is 1.72 bits per heavy atom. The number of likely N-dealkylation sites (N-methyl/N-ethyl adjacent to an activating group) is 1. The highest BCUT2D eigenvalue weighted by molar-refractivity contribution is 5.80. The van der Waals surface area contributed by atoms with Crippen LogP contribution in [-0.2, 0) is 9.59 Å². The maximum Gasteiger partial charge on any atom is 0.236 e.